The van der Waals surface area contributed by atoms with Gasteiger partial charge in [0.2, 0.25) is 0 Å². The monoisotopic (exact) mass is 280 g/mol. The molecule has 1 unspecified atom stereocenters. The first-order valence-corrected chi connectivity index (χ1v) is 6.48. The fourth-order valence-corrected chi connectivity index (χ4v) is 3.44. The van der Waals surface area contributed by atoms with Gasteiger partial charge in [-0.15, -0.1) is 0 Å². The molecular weight excluding hydrogens is 265 g/mol. The van der Waals surface area contributed by atoms with Crippen LogP contribution < -0.4 is 4.90 Å². The molecule has 3 nitrogen and oxygen atoms in total. The van der Waals surface area contributed by atoms with Crippen molar-refractivity contribution in [1.29, 1.82) is 0 Å². The van der Waals surface area contributed by atoms with Crippen molar-refractivity contribution in [3.05, 3.63) is 11.1 Å². The Labute approximate surface area is 107 Å². The van der Waals surface area contributed by atoms with Crippen molar-refractivity contribution >= 4 is 16.5 Å². The standard InChI is InChI=1S/C11H15F3N2OS/c1-10(2)8(11(12,13)14)3-4-16(10)9-15-5-7(6-17)18-9/h5,8,17H,3-4,6H2,1-2H3. The molecule has 1 aliphatic rings. The van der Waals surface area contributed by atoms with Gasteiger partial charge in [0.05, 0.1) is 17.4 Å². The zero-order valence-corrected chi connectivity index (χ0v) is 11.0. The van der Waals surface area contributed by atoms with E-state index >= 15 is 0 Å². The number of aromatic nitrogens is 1. The summed E-state index contributed by atoms with van der Waals surface area (Å²) in [7, 11) is 0. The van der Waals surface area contributed by atoms with Crippen LogP contribution in [-0.4, -0.2) is 28.4 Å². The lowest BCUT2D eigenvalue weighted by molar-refractivity contribution is -0.183. The Morgan fingerprint density at radius 2 is 2.22 bits per heavy atom. The summed E-state index contributed by atoms with van der Waals surface area (Å²) < 4.78 is 38.8. The molecule has 1 aromatic heterocycles. The maximum absolute atomic E-state index is 12.9. The number of nitrogens with zero attached hydrogens (tertiary/aromatic N) is 2. The smallest absolute Gasteiger partial charge is 0.391 e. The maximum Gasteiger partial charge on any atom is 0.394 e. The molecule has 18 heavy (non-hydrogen) atoms. The molecule has 1 saturated heterocycles. The molecule has 0 aromatic carbocycles. The van der Waals surface area contributed by atoms with Crippen LogP contribution in [0.5, 0.6) is 0 Å². The average molecular weight is 280 g/mol. The minimum Gasteiger partial charge on any atom is -0.391 e. The lowest BCUT2D eigenvalue weighted by Gasteiger charge is -2.36. The number of thiazole rings is 1. The summed E-state index contributed by atoms with van der Waals surface area (Å²) in [6.45, 7) is 3.40. The fourth-order valence-electron chi connectivity index (χ4n) is 2.49. The normalized spacial score (nSPS) is 23.7. The Hall–Kier alpha value is -0.820. The number of aliphatic hydroxyl groups excluding tert-OH is 1. The Balaban J connectivity index is 2.26. The van der Waals surface area contributed by atoms with E-state index in [0.717, 1.165) is 0 Å². The van der Waals surface area contributed by atoms with Crippen LogP contribution in [0.1, 0.15) is 25.1 Å². The molecule has 0 spiro atoms. The third kappa shape index (κ3) is 2.21. The third-order valence-electron chi connectivity index (χ3n) is 3.51. The topological polar surface area (TPSA) is 36.4 Å². The second kappa shape index (κ2) is 4.38. The van der Waals surface area contributed by atoms with E-state index < -0.39 is 17.6 Å². The molecule has 0 radical (unpaired) electrons. The molecule has 1 aromatic rings. The van der Waals surface area contributed by atoms with E-state index in [1.807, 2.05) is 0 Å². The number of alkyl halides is 3. The van der Waals surface area contributed by atoms with Crippen molar-refractivity contribution in [1.82, 2.24) is 4.98 Å². The van der Waals surface area contributed by atoms with Crippen LogP contribution in [0.15, 0.2) is 6.20 Å². The lowest BCUT2D eigenvalue weighted by Crippen LogP contribution is -2.47. The number of anilines is 1. The number of aliphatic hydroxyl groups is 1. The minimum absolute atomic E-state index is 0.0878. The van der Waals surface area contributed by atoms with E-state index in [-0.39, 0.29) is 13.0 Å². The molecule has 2 heterocycles. The van der Waals surface area contributed by atoms with E-state index in [1.54, 1.807) is 18.7 Å². The van der Waals surface area contributed by atoms with E-state index in [4.69, 9.17) is 5.11 Å². The predicted molar refractivity (Wildman–Crippen MR) is 63.6 cm³/mol. The van der Waals surface area contributed by atoms with Gasteiger partial charge < -0.3 is 10.0 Å². The summed E-state index contributed by atoms with van der Waals surface area (Å²) in [6.07, 6.45) is -2.59. The van der Waals surface area contributed by atoms with Crippen molar-refractivity contribution in [3.63, 3.8) is 0 Å². The Morgan fingerprint density at radius 3 is 2.67 bits per heavy atom. The highest BCUT2D eigenvalue weighted by Gasteiger charge is 2.55. The summed E-state index contributed by atoms with van der Waals surface area (Å²) in [5.74, 6) is -1.34. The van der Waals surface area contributed by atoms with Gasteiger partial charge in [0.25, 0.3) is 0 Å². The molecule has 0 amide bonds. The van der Waals surface area contributed by atoms with Gasteiger partial charge in [0.1, 0.15) is 0 Å². The minimum atomic E-state index is -4.19. The van der Waals surface area contributed by atoms with Crippen molar-refractivity contribution in [2.75, 3.05) is 11.4 Å². The summed E-state index contributed by atoms with van der Waals surface area (Å²) in [5, 5.41) is 9.53. The Kier molecular flexibility index (Phi) is 3.31. The van der Waals surface area contributed by atoms with Gasteiger partial charge in [-0.2, -0.15) is 13.2 Å². The molecule has 0 aliphatic carbocycles. The first kappa shape index (κ1) is 13.6. The predicted octanol–water partition coefficient (Wildman–Crippen LogP) is 2.80. The maximum atomic E-state index is 12.9. The summed E-state index contributed by atoms with van der Waals surface area (Å²) >= 11 is 1.24. The molecule has 0 bridgehead atoms. The van der Waals surface area contributed by atoms with Crippen LogP contribution in [0.4, 0.5) is 18.3 Å². The van der Waals surface area contributed by atoms with Crippen molar-refractivity contribution < 1.29 is 18.3 Å². The van der Waals surface area contributed by atoms with Gasteiger partial charge in [-0.3, -0.25) is 0 Å². The quantitative estimate of drug-likeness (QED) is 0.905. The second-order valence-corrected chi connectivity index (χ2v) is 6.05. The van der Waals surface area contributed by atoms with Gasteiger partial charge in [0.15, 0.2) is 5.13 Å². The van der Waals surface area contributed by atoms with Crippen LogP contribution in [-0.2, 0) is 6.61 Å². The summed E-state index contributed by atoms with van der Waals surface area (Å²) in [5.41, 5.74) is -0.997. The zero-order chi connectivity index (χ0) is 13.6. The van der Waals surface area contributed by atoms with Gasteiger partial charge in [-0.05, 0) is 20.3 Å². The number of halogens is 3. The first-order chi connectivity index (χ1) is 8.26. The van der Waals surface area contributed by atoms with Crippen LogP contribution in [0, 0.1) is 5.92 Å². The molecular formula is C11H15F3N2OS. The van der Waals surface area contributed by atoms with E-state index in [2.05, 4.69) is 4.98 Å². The SMILES string of the molecule is CC1(C)C(C(F)(F)F)CCN1c1ncc(CO)s1. The van der Waals surface area contributed by atoms with E-state index in [9.17, 15) is 13.2 Å². The van der Waals surface area contributed by atoms with Crippen LogP contribution in [0.2, 0.25) is 0 Å². The molecule has 102 valence electrons. The van der Waals surface area contributed by atoms with Crippen LogP contribution in [0.25, 0.3) is 0 Å². The van der Waals surface area contributed by atoms with Crippen LogP contribution in [0.3, 0.4) is 0 Å². The van der Waals surface area contributed by atoms with Gasteiger partial charge in [0, 0.05) is 18.3 Å². The Morgan fingerprint density at radius 1 is 1.56 bits per heavy atom. The number of hydrogen-bond acceptors (Lipinski definition) is 4. The molecule has 2 rings (SSSR count). The highest BCUT2D eigenvalue weighted by molar-refractivity contribution is 7.15. The van der Waals surface area contributed by atoms with E-state index in [0.29, 0.717) is 16.6 Å². The Bertz CT molecular complexity index is 430. The molecule has 1 aliphatic heterocycles. The summed E-state index contributed by atoms with van der Waals surface area (Å²) in [4.78, 5) is 6.45. The molecule has 0 saturated carbocycles. The van der Waals surface area contributed by atoms with Crippen molar-refractivity contribution in [2.24, 2.45) is 5.92 Å². The van der Waals surface area contributed by atoms with Crippen molar-refractivity contribution in [2.45, 2.75) is 38.6 Å². The molecule has 1 atom stereocenters. The average Bonchev–Trinajstić information content (AvgIpc) is 2.79. The third-order valence-corrected chi connectivity index (χ3v) is 4.52. The molecule has 1 N–H and O–H groups in total. The zero-order valence-electron chi connectivity index (χ0n) is 10.2. The van der Waals surface area contributed by atoms with Crippen LogP contribution >= 0.6 is 11.3 Å². The van der Waals surface area contributed by atoms with Gasteiger partial charge >= 0.3 is 6.18 Å². The van der Waals surface area contributed by atoms with Crippen molar-refractivity contribution in [3.8, 4) is 0 Å². The molecule has 1 fully saturated rings. The number of rotatable bonds is 2. The number of hydrogen-bond donors (Lipinski definition) is 1. The van der Waals surface area contributed by atoms with Gasteiger partial charge in [-0.1, -0.05) is 11.3 Å². The largest absolute Gasteiger partial charge is 0.394 e. The summed E-state index contributed by atoms with van der Waals surface area (Å²) in [6, 6.07) is 0. The second-order valence-electron chi connectivity index (χ2n) is 4.96. The highest BCUT2D eigenvalue weighted by Crippen LogP contribution is 2.47. The molecule has 7 heteroatoms. The first-order valence-electron chi connectivity index (χ1n) is 5.66. The fraction of sp³-hybridized carbons (Fsp3) is 0.727. The van der Waals surface area contributed by atoms with Gasteiger partial charge in [-0.25, -0.2) is 4.98 Å². The lowest BCUT2D eigenvalue weighted by atomic mass is 9.88. The highest BCUT2D eigenvalue weighted by atomic mass is 32.1. The van der Waals surface area contributed by atoms with E-state index in [1.165, 1.54) is 17.5 Å².